The summed E-state index contributed by atoms with van der Waals surface area (Å²) in [6.07, 6.45) is 18.9. The van der Waals surface area contributed by atoms with Crippen LogP contribution in [-0.4, -0.2) is 67.5 Å². The first kappa shape index (κ1) is 35.1. The van der Waals surface area contributed by atoms with E-state index in [1.807, 2.05) is 0 Å². The minimum Gasteiger partial charge on any atom is -1.00 e. The van der Waals surface area contributed by atoms with Crippen molar-refractivity contribution in [1.29, 1.82) is 0 Å². The molecule has 0 aromatic heterocycles. The summed E-state index contributed by atoms with van der Waals surface area (Å²) in [6.45, 7) is 0. The van der Waals surface area contributed by atoms with Crippen LogP contribution in [-0.2, 0) is 26.9 Å². The number of fused-ring (bicyclic) bond motifs is 20. The van der Waals surface area contributed by atoms with Gasteiger partial charge in [0.25, 0.3) is 10.1 Å². The van der Waals surface area contributed by atoms with Crippen LogP contribution in [0.3, 0.4) is 0 Å². The molecule has 46 heavy (non-hydrogen) atoms. The second-order valence-corrected chi connectivity index (χ2v) is 17.9. The molecule has 4 aliphatic carbocycles. The molecule has 9 rings (SSSR count). The average Bonchev–Trinajstić information content (AvgIpc) is 3.76. The Morgan fingerprint density at radius 1 is 0.413 bits per heavy atom. The van der Waals surface area contributed by atoms with E-state index in [0.29, 0.717) is 54.3 Å². The predicted octanol–water partition coefficient (Wildman–Crippen LogP) is -1.41. The molecule has 259 valence electrons. The molecule has 5 heterocycles. The van der Waals surface area contributed by atoms with Crippen molar-refractivity contribution in [2.75, 3.05) is 0 Å². The topological polar surface area (TPSA) is 151 Å². The molecule has 5 aliphatic heterocycles. The van der Waals surface area contributed by atoms with E-state index in [2.05, 4.69) is 42.5 Å². The molecule has 0 spiro atoms. The van der Waals surface area contributed by atoms with Crippen molar-refractivity contribution >= 4 is 10.1 Å². The van der Waals surface area contributed by atoms with Gasteiger partial charge in [-0.25, -0.2) is 0 Å². The van der Waals surface area contributed by atoms with Crippen LogP contribution in [0.1, 0.15) is 97.7 Å². The van der Waals surface area contributed by atoms with E-state index in [9.17, 15) is 13.0 Å². The Morgan fingerprint density at radius 3 is 0.978 bits per heavy atom. The fourth-order valence-electron chi connectivity index (χ4n) is 12.3. The van der Waals surface area contributed by atoms with Crippen molar-refractivity contribution in [2.24, 2.45) is 47.3 Å². The second-order valence-electron chi connectivity index (χ2n) is 16.2. The van der Waals surface area contributed by atoms with Crippen molar-refractivity contribution < 1.29 is 50.0 Å². The van der Waals surface area contributed by atoms with E-state index in [1.54, 1.807) is 0 Å². The zero-order chi connectivity index (χ0) is 29.6. The zero-order valence-corrected chi connectivity index (χ0v) is 29.3. The van der Waals surface area contributed by atoms with Crippen LogP contribution in [0, 0.1) is 47.3 Å². The summed E-state index contributed by atoms with van der Waals surface area (Å²) >= 11 is 0. The first-order valence-corrected chi connectivity index (χ1v) is 20.0. The van der Waals surface area contributed by atoms with Crippen molar-refractivity contribution in [3.05, 3.63) is 0 Å². The van der Waals surface area contributed by atoms with Gasteiger partial charge in [0, 0.05) is 22.7 Å². The number of nitrogens with one attached hydrogen (secondary N) is 8. The molecular formula is C32H57CoLiN8O3S. The monoisotopic (exact) mass is 699 g/mol. The van der Waals surface area contributed by atoms with E-state index in [1.165, 1.54) is 77.0 Å². The Morgan fingerprint density at radius 2 is 0.674 bits per heavy atom. The van der Waals surface area contributed by atoms with Crippen molar-refractivity contribution in [3.8, 4) is 0 Å². The maximum absolute atomic E-state index is 12.8. The SMILES string of the molecule is O=S(=O)(O)C1CCCC2C3NC4NC(NC5NC(NC6NC(NC(N3)C21)C1CCCCC61)C1CCCCC51)C1CCCCC41.[Co].[H-].[Li+]. The van der Waals surface area contributed by atoms with Gasteiger partial charge < -0.3 is 1.43 Å². The molecule has 5 saturated heterocycles. The fourth-order valence-corrected chi connectivity index (χ4v) is 13.6. The predicted molar refractivity (Wildman–Crippen MR) is 169 cm³/mol. The Labute approximate surface area is 299 Å². The quantitative estimate of drug-likeness (QED) is 0.117. The van der Waals surface area contributed by atoms with E-state index in [4.69, 9.17) is 0 Å². The maximum Gasteiger partial charge on any atom is 1.00 e. The van der Waals surface area contributed by atoms with Gasteiger partial charge in [-0.05, 0) is 92.8 Å². The summed E-state index contributed by atoms with van der Waals surface area (Å²) in [4.78, 5) is 0. The molecular weight excluding hydrogens is 642 g/mol. The first-order chi connectivity index (χ1) is 21.4. The van der Waals surface area contributed by atoms with Crippen LogP contribution in [0.5, 0.6) is 0 Å². The van der Waals surface area contributed by atoms with Crippen LogP contribution in [0.15, 0.2) is 0 Å². The van der Waals surface area contributed by atoms with Crippen LogP contribution < -0.4 is 61.4 Å². The largest absolute Gasteiger partial charge is 1.00 e. The molecule has 0 aromatic rings. The van der Waals surface area contributed by atoms with Crippen LogP contribution in [0.2, 0.25) is 0 Å². The van der Waals surface area contributed by atoms with E-state index in [0.717, 1.165) is 12.8 Å². The Bertz CT molecular complexity index is 1200. The molecule has 11 nitrogen and oxygen atoms in total. The van der Waals surface area contributed by atoms with Crippen molar-refractivity contribution in [3.63, 3.8) is 0 Å². The zero-order valence-electron chi connectivity index (χ0n) is 28.4. The molecule has 4 saturated carbocycles. The van der Waals surface area contributed by atoms with E-state index < -0.39 is 15.4 Å². The minimum atomic E-state index is -4.16. The third-order valence-electron chi connectivity index (χ3n) is 14.2. The first-order valence-electron chi connectivity index (χ1n) is 18.5. The van der Waals surface area contributed by atoms with E-state index >= 15 is 0 Å². The van der Waals surface area contributed by atoms with E-state index in [-0.39, 0.29) is 85.9 Å². The van der Waals surface area contributed by atoms with Crippen LogP contribution in [0.25, 0.3) is 0 Å². The normalized spacial score (nSPS) is 53.1. The third kappa shape index (κ3) is 6.16. The van der Waals surface area contributed by atoms with Crippen LogP contribution in [0.4, 0.5) is 0 Å². The summed E-state index contributed by atoms with van der Waals surface area (Å²) in [6, 6.07) is 0. The summed E-state index contributed by atoms with van der Waals surface area (Å²) in [7, 11) is -4.16. The molecule has 17 unspecified atom stereocenters. The Balaban J connectivity index is 0.00000129. The molecule has 9 N–H and O–H groups in total. The summed E-state index contributed by atoms with van der Waals surface area (Å²) in [5, 5.41) is 31.8. The number of rotatable bonds is 1. The number of hydrogen-bond donors (Lipinski definition) is 9. The summed E-state index contributed by atoms with van der Waals surface area (Å²) in [5.41, 5.74) is 0. The standard InChI is InChI=1S/C32H56N8O3S.Co.Li.H/c41-44(42,43)23-15-7-14-22-24(23)32-39-30-21-13-6-5-12-20(21)28(37-30)35-26-17-9-2-1-8-16(17)25(33-26)34-27-18-10-3-4-11-19(18)29(36-27)38-31(22)40-32;;;/h16-40H,1-15H2,(H,41,42,43);;;/q;;+1;-1. The second kappa shape index (κ2) is 14.0. The van der Waals surface area contributed by atoms with Gasteiger partial charge in [-0.1, -0.05) is 44.9 Å². The third-order valence-corrected chi connectivity index (χ3v) is 15.5. The van der Waals surface area contributed by atoms with Crippen molar-refractivity contribution in [2.45, 2.75) is 151 Å². The Hall–Kier alpha value is 0.694. The molecule has 9 fully saturated rings. The maximum atomic E-state index is 12.8. The summed E-state index contributed by atoms with van der Waals surface area (Å²) < 4.78 is 36.1. The van der Waals surface area contributed by atoms with Gasteiger partial charge >= 0.3 is 18.9 Å². The van der Waals surface area contributed by atoms with Gasteiger partial charge in [-0.3, -0.25) is 47.1 Å². The van der Waals surface area contributed by atoms with Gasteiger partial charge in [0.15, 0.2) is 0 Å². The smallest absolute Gasteiger partial charge is 1.00 e. The molecule has 17 atom stereocenters. The van der Waals surface area contributed by atoms with Gasteiger partial charge in [-0.15, -0.1) is 0 Å². The molecule has 0 amide bonds. The fraction of sp³-hybridized carbons (Fsp3) is 1.00. The molecule has 1 radical (unpaired) electrons. The minimum absolute atomic E-state index is 0. The van der Waals surface area contributed by atoms with Crippen molar-refractivity contribution in [1.82, 2.24) is 42.5 Å². The molecule has 14 heteroatoms. The molecule has 0 aromatic carbocycles. The van der Waals surface area contributed by atoms with Gasteiger partial charge in [0.05, 0.1) is 54.6 Å². The number of hydrogen-bond acceptors (Lipinski definition) is 10. The molecule has 9 aliphatic rings. The van der Waals surface area contributed by atoms with Crippen LogP contribution >= 0.6 is 0 Å². The summed E-state index contributed by atoms with van der Waals surface area (Å²) in [5.74, 6) is 3.50. The Kier molecular flexibility index (Phi) is 10.7. The van der Waals surface area contributed by atoms with Gasteiger partial charge in [-0.2, -0.15) is 8.42 Å². The van der Waals surface area contributed by atoms with Gasteiger partial charge in [0.2, 0.25) is 0 Å². The average molecular weight is 700 g/mol. The van der Waals surface area contributed by atoms with Gasteiger partial charge in [0.1, 0.15) is 0 Å². The molecule has 8 bridgehead atoms.